The largest absolute Gasteiger partial charge is 0.365 e. The number of aliphatic imine (C=N–C) groups is 1. The molecule has 3 N–H and O–H groups in total. The molecule has 0 radical (unpaired) electrons. The second-order valence-corrected chi connectivity index (χ2v) is 2.54. The molecular formula is C8H8N4O3. The van der Waals surface area contributed by atoms with Gasteiger partial charge < -0.3 is 5.73 Å². The molecule has 0 bridgehead atoms. The Bertz CT molecular complexity index is 402. The van der Waals surface area contributed by atoms with Gasteiger partial charge in [0.15, 0.2) is 5.03 Å². The van der Waals surface area contributed by atoms with Crippen LogP contribution in [0.15, 0.2) is 35.3 Å². The predicted octanol–water partition coefficient (Wildman–Crippen LogP) is -0.0772. The van der Waals surface area contributed by atoms with Crippen LogP contribution in [0.3, 0.4) is 0 Å². The number of amides is 1. The highest BCUT2D eigenvalue weighted by Crippen LogP contribution is 1.99. The molecule has 7 nitrogen and oxygen atoms in total. The zero-order valence-electron chi connectivity index (χ0n) is 7.58. The number of nitrogens with one attached hydrogen (secondary N) is 1. The number of hydrogen-bond donors (Lipinski definition) is 2. The summed E-state index contributed by atoms with van der Waals surface area (Å²) in [5.41, 5.74) is 6.97. The van der Waals surface area contributed by atoms with E-state index in [1.807, 2.05) is 0 Å². The molecule has 0 saturated carbocycles. The SMILES string of the molecule is NC(=NC(=O)c1ccccc1)N[N+](=O)[O-]. The minimum atomic E-state index is -0.892. The van der Waals surface area contributed by atoms with Crippen molar-refractivity contribution in [1.82, 2.24) is 5.43 Å². The van der Waals surface area contributed by atoms with E-state index in [0.29, 0.717) is 5.56 Å². The quantitative estimate of drug-likeness (QED) is 0.305. The van der Waals surface area contributed by atoms with Gasteiger partial charge in [-0.2, -0.15) is 4.99 Å². The number of nitro groups is 1. The van der Waals surface area contributed by atoms with Crippen LogP contribution in [0.25, 0.3) is 0 Å². The molecule has 7 heteroatoms. The number of guanidine groups is 1. The second kappa shape index (κ2) is 4.70. The maximum Gasteiger partial charge on any atom is 0.280 e. The van der Waals surface area contributed by atoms with Gasteiger partial charge in [-0.25, -0.2) is 10.1 Å². The van der Waals surface area contributed by atoms with Crippen LogP contribution in [-0.2, 0) is 0 Å². The molecule has 15 heavy (non-hydrogen) atoms. The molecule has 1 aromatic rings. The van der Waals surface area contributed by atoms with Crippen molar-refractivity contribution in [2.75, 3.05) is 0 Å². The number of nitrogens with zero attached hydrogens (tertiary/aromatic N) is 2. The maximum atomic E-state index is 11.3. The molecule has 0 saturated heterocycles. The van der Waals surface area contributed by atoms with Crippen molar-refractivity contribution < 1.29 is 9.83 Å². The number of nitrogens with two attached hydrogens (primary N) is 1. The van der Waals surface area contributed by atoms with Gasteiger partial charge in [0.2, 0.25) is 0 Å². The minimum absolute atomic E-state index is 0.311. The fraction of sp³-hybridized carbons (Fsp3) is 0. The molecule has 1 aromatic carbocycles. The highest BCUT2D eigenvalue weighted by molar-refractivity contribution is 6.01. The lowest BCUT2D eigenvalue weighted by Gasteiger charge is -1.96. The molecule has 1 rings (SSSR count). The first kappa shape index (κ1) is 10.6. The number of carbonyl (C=O) groups is 1. The summed E-state index contributed by atoms with van der Waals surface area (Å²) in [5.74, 6) is -1.18. The van der Waals surface area contributed by atoms with Crippen molar-refractivity contribution in [3.8, 4) is 0 Å². The Labute approximate surface area is 84.7 Å². The molecule has 0 spiro atoms. The Morgan fingerprint density at radius 3 is 2.53 bits per heavy atom. The van der Waals surface area contributed by atoms with E-state index in [1.165, 1.54) is 12.1 Å². The van der Waals surface area contributed by atoms with E-state index in [9.17, 15) is 14.9 Å². The van der Waals surface area contributed by atoms with Gasteiger partial charge in [-0.05, 0) is 12.1 Å². The fourth-order valence-electron chi connectivity index (χ4n) is 0.873. The van der Waals surface area contributed by atoms with Gasteiger partial charge in [0.05, 0.1) is 0 Å². The first-order valence-electron chi connectivity index (χ1n) is 3.94. The molecule has 0 aliphatic rings. The third-order valence-electron chi connectivity index (χ3n) is 1.45. The van der Waals surface area contributed by atoms with Gasteiger partial charge >= 0.3 is 0 Å². The highest BCUT2D eigenvalue weighted by Gasteiger charge is 2.06. The molecule has 0 fully saturated rings. The normalized spacial score (nSPS) is 10.8. The van der Waals surface area contributed by atoms with E-state index in [1.54, 1.807) is 23.6 Å². The van der Waals surface area contributed by atoms with E-state index < -0.39 is 16.9 Å². The van der Waals surface area contributed by atoms with E-state index in [0.717, 1.165) is 0 Å². The Morgan fingerprint density at radius 1 is 1.40 bits per heavy atom. The molecule has 0 aromatic heterocycles. The van der Waals surface area contributed by atoms with Gasteiger partial charge in [-0.15, -0.1) is 0 Å². The van der Waals surface area contributed by atoms with E-state index in [2.05, 4.69) is 4.99 Å². The Morgan fingerprint density at radius 2 is 2.00 bits per heavy atom. The van der Waals surface area contributed by atoms with Crippen molar-refractivity contribution in [3.63, 3.8) is 0 Å². The van der Waals surface area contributed by atoms with Crippen LogP contribution < -0.4 is 11.2 Å². The van der Waals surface area contributed by atoms with Crippen LogP contribution in [-0.4, -0.2) is 16.9 Å². The topological polar surface area (TPSA) is 111 Å². The standard InChI is InChI=1S/C8H8N4O3/c9-8(11-12(14)15)10-7(13)6-4-2-1-3-5-6/h1-5H,(H3,9,10,11,13). The summed E-state index contributed by atoms with van der Waals surface area (Å²) in [6.07, 6.45) is 0. The first-order valence-corrected chi connectivity index (χ1v) is 3.94. The highest BCUT2D eigenvalue weighted by atomic mass is 16.7. The average Bonchev–Trinajstić information content (AvgIpc) is 2.17. The molecule has 0 heterocycles. The van der Waals surface area contributed by atoms with Crippen molar-refractivity contribution in [3.05, 3.63) is 46.0 Å². The molecule has 0 aliphatic heterocycles. The lowest BCUT2D eigenvalue weighted by Crippen LogP contribution is -2.36. The zero-order valence-corrected chi connectivity index (χ0v) is 7.58. The van der Waals surface area contributed by atoms with Crippen molar-refractivity contribution in [2.45, 2.75) is 0 Å². The summed E-state index contributed by atoms with van der Waals surface area (Å²) >= 11 is 0. The van der Waals surface area contributed by atoms with Crippen LogP contribution in [0, 0.1) is 10.1 Å². The molecule has 0 aliphatic carbocycles. The van der Waals surface area contributed by atoms with E-state index in [4.69, 9.17) is 5.73 Å². The lowest BCUT2D eigenvalue weighted by atomic mass is 10.2. The second-order valence-electron chi connectivity index (χ2n) is 2.54. The van der Waals surface area contributed by atoms with Crippen LogP contribution in [0.2, 0.25) is 0 Å². The third kappa shape index (κ3) is 3.43. The third-order valence-corrected chi connectivity index (χ3v) is 1.45. The molecule has 0 unspecified atom stereocenters. The number of hydrogen-bond acceptors (Lipinski definition) is 3. The van der Waals surface area contributed by atoms with E-state index in [-0.39, 0.29) is 0 Å². The molecular weight excluding hydrogens is 200 g/mol. The predicted molar refractivity (Wildman–Crippen MR) is 52.5 cm³/mol. The van der Waals surface area contributed by atoms with Crippen molar-refractivity contribution in [1.29, 1.82) is 0 Å². The lowest BCUT2D eigenvalue weighted by molar-refractivity contribution is -0.525. The molecule has 0 atom stereocenters. The summed E-state index contributed by atoms with van der Waals surface area (Å²) in [6.45, 7) is 0. The number of benzene rings is 1. The minimum Gasteiger partial charge on any atom is -0.365 e. The molecule has 1 amide bonds. The van der Waals surface area contributed by atoms with Crippen molar-refractivity contribution in [2.24, 2.45) is 10.7 Å². The summed E-state index contributed by atoms with van der Waals surface area (Å²) in [5, 5.41) is 9.06. The Balaban J connectivity index is 2.75. The van der Waals surface area contributed by atoms with Gasteiger partial charge in [-0.3, -0.25) is 4.79 Å². The van der Waals surface area contributed by atoms with Crippen LogP contribution in [0.4, 0.5) is 0 Å². The molecule has 78 valence electrons. The monoisotopic (exact) mass is 208 g/mol. The van der Waals surface area contributed by atoms with Crippen molar-refractivity contribution >= 4 is 11.9 Å². The van der Waals surface area contributed by atoms with Gasteiger partial charge in [0.1, 0.15) is 0 Å². The summed E-state index contributed by atoms with van der Waals surface area (Å²) in [7, 11) is 0. The zero-order chi connectivity index (χ0) is 11.3. The number of carbonyl (C=O) groups excluding carboxylic acids is 1. The summed E-state index contributed by atoms with van der Waals surface area (Å²) in [6, 6.07) is 8.11. The van der Waals surface area contributed by atoms with Crippen LogP contribution in [0.5, 0.6) is 0 Å². The van der Waals surface area contributed by atoms with Gasteiger partial charge in [0, 0.05) is 5.56 Å². The average molecular weight is 208 g/mol. The summed E-state index contributed by atoms with van der Waals surface area (Å²) < 4.78 is 0. The number of hydrazine groups is 1. The van der Waals surface area contributed by atoms with Gasteiger partial charge in [-0.1, -0.05) is 23.6 Å². The van der Waals surface area contributed by atoms with Crippen LogP contribution >= 0.6 is 0 Å². The van der Waals surface area contributed by atoms with Gasteiger partial charge in [0.25, 0.3) is 11.9 Å². The first-order chi connectivity index (χ1) is 7.09. The Kier molecular flexibility index (Phi) is 3.33. The summed E-state index contributed by atoms with van der Waals surface area (Å²) in [4.78, 5) is 24.5. The number of rotatable bonds is 2. The van der Waals surface area contributed by atoms with Crippen LogP contribution in [0.1, 0.15) is 10.4 Å². The van der Waals surface area contributed by atoms with E-state index >= 15 is 0 Å². The Hall–Kier alpha value is -2.44. The maximum absolute atomic E-state index is 11.3. The fourth-order valence-corrected chi connectivity index (χ4v) is 0.873. The smallest absolute Gasteiger partial charge is 0.280 e.